The van der Waals surface area contributed by atoms with Crippen molar-refractivity contribution in [2.24, 2.45) is 7.05 Å². The van der Waals surface area contributed by atoms with Crippen LogP contribution in [-0.4, -0.2) is 26.1 Å². The highest BCUT2D eigenvalue weighted by molar-refractivity contribution is 7.99. The van der Waals surface area contributed by atoms with Gasteiger partial charge in [-0.05, 0) is 18.2 Å². The maximum Gasteiger partial charge on any atom is 0.271 e. The molecule has 0 aliphatic rings. The number of nitro benzene ring substituents is 1. The number of non-ortho nitro benzene ring substituents is 1. The van der Waals surface area contributed by atoms with E-state index in [4.69, 9.17) is 0 Å². The highest BCUT2D eigenvalue weighted by atomic mass is 32.2. The van der Waals surface area contributed by atoms with Crippen LogP contribution >= 0.6 is 11.8 Å². The molecule has 0 atom stereocenters. The summed E-state index contributed by atoms with van der Waals surface area (Å²) in [5, 5.41) is 13.7. The van der Waals surface area contributed by atoms with Crippen molar-refractivity contribution in [2.45, 2.75) is 5.16 Å². The predicted octanol–water partition coefficient (Wildman–Crippen LogP) is 3.35. The van der Waals surface area contributed by atoms with Crippen molar-refractivity contribution in [3.8, 4) is 0 Å². The van der Waals surface area contributed by atoms with Gasteiger partial charge in [0, 0.05) is 19.2 Å². The Hall–Kier alpha value is -2.94. The second-order valence-corrected chi connectivity index (χ2v) is 6.14. The van der Waals surface area contributed by atoms with Crippen LogP contribution in [0.2, 0.25) is 0 Å². The quantitative estimate of drug-likeness (QED) is 0.428. The molecule has 9 heteroatoms. The first-order chi connectivity index (χ1) is 12.0. The summed E-state index contributed by atoms with van der Waals surface area (Å²) in [7, 11) is 1.84. The third-order valence-electron chi connectivity index (χ3n) is 3.51. The van der Waals surface area contributed by atoms with E-state index >= 15 is 0 Å². The van der Waals surface area contributed by atoms with Gasteiger partial charge in [0.15, 0.2) is 5.16 Å². The number of thioether (sulfide) groups is 1. The summed E-state index contributed by atoms with van der Waals surface area (Å²) in [6, 6.07) is 10.6. The first-order valence-corrected chi connectivity index (χ1v) is 8.22. The number of halogens is 1. The van der Waals surface area contributed by atoms with Crippen LogP contribution in [0, 0.1) is 15.9 Å². The van der Waals surface area contributed by atoms with E-state index in [1.165, 1.54) is 11.8 Å². The lowest BCUT2D eigenvalue weighted by molar-refractivity contribution is -0.384. The molecule has 0 bridgehead atoms. The van der Waals surface area contributed by atoms with Gasteiger partial charge in [-0.1, -0.05) is 23.9 Å². The number of para-hydroxylation sites is 2. The molecule has 0 saturated heterocycles. The molecule has 3 rings (SSSR count). The Morgan fingerprint density at radius 2 is 2.12 bits per heavy atom. The number of imidazole rings is 1. The van der Waals surface area contributed by atoms with Crippen LogP contribution in [0.5, 0.6) is 0 Å². The summed E-state index contributed by atoms with van der Waals surface area (Å²) in [4.78, 5) is 26.6. The van der Waals surface area contributed by atoms with E-state index in [-0.39, 0.29) is 17.1 Å². The van der Waals surface area contributed by atoms with Crippen LogP contribution in [0.1, 0.15) is 0 Å². The van der Waals surface area contributed by atoms with Gasteiger partial charge in [0.2, 0.25) is 5.91 Å². The monoisotopic (exact) mass is 360 g/mol. The molecule has 1 N–H and O–H groups in total. The Balaban J connectivity index is 1.69. The molecule has 0 spiro atoms. The Morgan fingerprint density at radius 1 is 1.36 bits per heavy atom. The summed E-state index contributed by atoms with van der Waals surface area (Å²) in [6.07, 6.45) is 0. The highest BCUT2D eigenvalue weighted by Crippen LogP contribution is 2.24. The van der Waals surface area contributed by atoms with Crippen molar-refractivity contribution >= 4 is 40.1 Å². The lowest BCUT2D eigenvalue weighted by Crippen LogP contribution is -2.15. The number of fused-ring (bicyclic) bond motifs is 1. The van der Waals surface area contributed by atoms with E-state index in [0.29, 0.717) is 5.16 Å². The van der Waals surface area contributed by atoms with E-state index in [9.17, 15) is 19.3 Å². The van der Waals surface area contributed by atoms with E-state index in [1.54, 1.807) is 0 Å². The number of hydrogen-bond acceptors (Lipinski definition) is 5. The average molecular weight is 360 g/mol. The molecule has 2 aromatic carbocycles. The number of aromatic nitrogens is 2. The summed E-state index contributed by atoms with van der Waals surface area (Å²) in [6.45, 7) is 0. The number of nitrogens with zero attached hydrogens (tertiary/aromatic N) is 3. The van der Waals surface area contributed by atoms with Gasteiger partial charge in [0.25, 0.3) is 5.69 Å². The fraction of sp³-hybridized carbons (Fsp3) is 0.125. The first-order valence-electron chi connectivity index (χ1n) is 7.24. The molecule has 0 unspecified atom stereocenters. The normalized spacial score (nSPS) is 10.8. The third-order valence-corrected chi connectivity index (χ3v) is 4.54. The fourth-order valence-electron chi connectivity index (χ4n) is 2.29. The number of carbonyl (C=O) groups is 1. The van der Waals surface area contributed by atoms with Crippen LogP contribution in [0.4, 0.5) is 15.8 Å². The highest BCUT2D eigenvalue weighted by Gasteiger charge is 2.14. The van der Waals surface area contributed by atoms with Gasteiger partial charge in [-0.3, -0.25) is 14.9 Å². The molecule has 1 heterocycles. The maximum absolute atomic E-state index is 13.7. The molecule has 0 radical (unpaired) electrons. The van der Waals surface area contributed by atoms with E-state index in [2.05, 4.69) is 10.3 Å². The average Bonchev–Trinajstić information content (AvgIpc) is 2.91. The molecule has 1 amide bonds. The predicted molar refractivity (Wildman–Crippen MR) is 93.1 cm³/mol. The van der Waals surface area contributed by atoms with Crippen LogP contribution < -0.4 is 5.32 Å². The Kier molecular flexibility index (Phi) is 4.66. The minimum absolute atomic E-state index is 0.000701. The fourth-order valence-corrected chi connectivity index (χ4v) is 3.08. The summed E-state index contributed by atoms with van der Waals surface area (Å²) in [5.41, 5.74) is 1.25. The molecular formula is C16H13FN4O3S. The van der Waals surface area contributed by atoms with Crippen molar-refractivity contribution < 1.29 is 14.1 Å². The minimum Gasteiger partial charge on any atom is -0.323 e. The Labute approximate surface area is 146 Å². The van der Waals surface area contributed by atoms with Gasteiger partial charge in [0.1, 0.15) is 5.82 Å². The smallest absolute Gasteiger partial charge is 0.271 e. The standard InChI is InChI=1S/C16H13FN4O3S/c1-20-14-5-3-2-4-12(14)19-16(20)25-9-15(22)18-13-8-10(21(23)24)6-7-11(13)17/h2-8H,9H2,1H3,(H,18,22). The number of nitro groups is 1. The molecular weight excluding hydrogens is 347 g/mol. The van der Waals surface area contributed by atoms with Gasteiger partial charge < -0.3 is 9.88 Å². The van der Waals surface area contributed by atoms with Gasteiger partial charge in [-0.2, -0.15) is 0 Å². The van der Waals surface area contributed by atoms with E-state index in [0.717, 1.165) is 29.2 Å². The van der Waals surface area contributed by atoms with Crippen LogP contribution in [0.25, 0.3) is 11.0 Å². The van der Waals surface area contributed by atoms with Crippen molar-refractivity contribution in [2.75, 3.05) is 11.1 Å². The maximum atomic E-state index is 13.7. The first kappa shape index (κ1) is 16.9. The number of amides is 1. The molecule has 7 nitrogen and oxygen atoms in total. The molecule has 25 heavy (non-hydrogen) atoms. The molecule has 3 aromatic rings. The van der Waals surface area contributed by atoms with Crippen molar-refractivity contribution in [3.63, 3.8) is 0 Å². The molecule has 0 aliphatic heterocycles. The van der Waals surface area contributed by atoms with Gasteiger partial charge in [-0.15, -0.1) is 0 Å². The largest absolute Gasteiger partial charge is 0.323 e. The van der Waals surface area contributed by atoms with Gasteiger partial charge in [-0.25, -0.2) is 9.37 Å². The van der Waals surface area contributed by atoms with Crippen LogP contribution in [0.15, 0.2) is 47.6 Å². The van der Waals surface area contributed by atoms with Crippen molar-refractivity contribution in [1.82, 2.24) is 9.55 Å². The van der Waals surface area contributed by atoms with E-state index in [1.807, 2.05) is 35.9 Å². The number of benzene rings is 2. The minimum atomic E-state index is -0.730. The molecule has 0 aliphatic carbocycles. The number of aryl methyl sites for hydroxylation is 1. The zero-order chi connectivity index (χ0) is 18.0. The Bertz CT molecular complexity index is 973. The number of anilines is 1. The van der Waals surface area contributed by atoms with Crippen LogP contribution in [-0.2, 0) is 11.8 Å². The number of nitrogens with one attached hydrogen (secondary N) is 1. The topological polar surface area (TPSA) is 90.1 Å². The summed E-state index contributed by atoms with van der Waals surface area (Å²) >= 11 is 1.20. The lowest BCUT2D eigenvalue weighted by atomic mass is 10.2. The second kappa shape index (κ2) is 6.89. The zero-order valence-corrected chi connectivity index (χ0v) is 13.9. The van der Waals surface area contributed by atoms with Gasteiger partial charge in [0.05, 0.1) is 27.4 Å². The SMILES string of the molecule is Cn1c(SCC(=O)Nc2cc([N+](=O)[O-])ccc2F)nc2ccccc21. The molecule has 1 aromatic heterocycles. The molecule has 128 valence electrons. The second-order valence-electron chi connectivity index (χ2n) is 5.20. The van der Waals surface area contributed by atoms with Crippen molar-refractivity contribution in [1.29, 1.82) is 0 Å². The van der Waals surface area contributed by atoms with E-state index < -0.39 is 16.6 Å². The number of carbonyl (C=O) groups excluding carboxylic acids is 1. The molecule has 0 saturated carbocycles. The van der Waals surface area contributed by atoms with Crippen molar-refractivity contribution in [3.05, 3.63) is 58.4 Å². The zero-order valence-electron chi connectivity index (χ0n) is 13.1. The molecule has 0 fully saturated rings. The lowest BCUT2D eigenvalue weighted by Gasteiger charge is -2.06. The summed E-state index contributed by atoms with van der Waals surface area (Å²) in [5.74, 6) is -1.21. The summed E-state index contributed by atoms with van der Waals surface area (Å²) < 4.78 is 15.6. The van der Waals surface area contributed by atoms with Crippen LogP contribution in [0.3, 0.4) is 0 Å². The van der Waals surface area contributed by atoms with Gasteiger partial charge >= 0.3 is 0 Å². The Morgan fingerprint density at radius 3 is 2.84 bits per heavy atom. The third kappa shape index (κ3) is 3.61. The number of rotatable bonds is 5. The number of hydrogen-bond donors (Lipinski definition) is 1.